The van der Waals surface area contributed by atoms with Gasteiger partial charge in [-0.05, 0) is 51.8 Å². The molecular formula is C16H16BrCl2NO3S2. The van der Waals surface area contributed by atoms with Gasteiger partial charge in [0.1, 0.15) is 5.75 Å². The lowest BCUT2D eigenvalue weighted by atomic mass is 10.2. The molecule has 1 N–H and O–H groups in total. The average Bonchev–Trinajstić information content (AvgIpc) is 2.56. The fourth-order valence-electron chi connectivity index (χ4n) is 1.97. The van der Waals surface area contributed by atoms with Gasteiger partial charge in [-0.1, -0.05) is 29.3 Å². The quantitative estimate of drug-likeness (QED) is 0.537. The number of sulfonamides is 1. The molecule has 0 heterocycles. The molecule has 2 aromatic rings. The highest BCUT2D eigenvalue weighted by Crippen LogP contribution is 2.27. The summed E-state index contributed by atoms with van der Waals surface area (Å²) in [7, 11) is -2.03. The summed E-state index contributed by atoms with van der Waals surface area (Å²) in [5.41, 5.74) is 0.970. The molecule has 0 unspecified atom stereocenters. The van der Waals surface area contributed by atoms with E-state index in [4.69, 9.17) is 27.9 Å². The van der Waals surface area contributed by atoms with Gasteiger partial charge in [-0.3, -0.25) is 0 Å². The summed E-state index contributed by atoms with van der Waals surface area (Å²) in [5, 5.41) is 1.21. The zero-order valence-corrected chi connectivity index (χ0v) is 18.0. The van der Waals surface area contributed by atoms with Gasteiger partial charge in [-0.15, -0.1) is 0 Å². The van der Waals surface area contributed by atoms with Gasteiger partial charge in [-0.2, -0.15) is 11.8 Å². The first kappa shape index (κ1) is 20.9. The minimum atomic E-state index is -3.56. The molecule has 0 radical (unpaired) electrons. The molecule has 0 aliphatic carbocycles. The van der Waals surface area contributed by atoms with Gasteiger partial charge in [0, 0.05) is 28.1 Å². The normalized spacial score (nSPS) is 11.5. The van der Waals surface area contributed by atoms with Crippen molar-refractivity contribution in [3.05, 3.63) is 56.5 Å². The molecular weight excluding hydrogens is 469 g/mol. The predicted octanol–water partition coefficient (Wildman–Crippen LogP) is 4.98. The SMILES string of the molecule is COc1ccc(S(=O)(=O)NCCSCc2ccc(Cl)cc2Cl)cc1Br. The van der Waals surface area contributed by atoms with Crippen LogP contribution < -0.4 is 9.46 Å². The zero-order valence-electron chi connectivity index (χ0n) is 13.3. The number of halogens is 3. The van der Waals surface area contributed by atoms with Crippen molar-refractivity contribution < 1.29 is 13.2 Å². The number of hydrogen-bond acceptors (Lipinski definition) is 4. The summed E-state index contributed by atoms with van der Waals surface area (Å²) >= 11 is 16.8. The topological polar surface area (TPSA) is 55.4 Å². The molecule has 4 nitrogen and oxygen atoms in total. The largest absolute Gasteiger partial charge is 0.496 e. The second kappa shape index (κ2) is 9.48. The molecule has 0 aliphatic heterocycles. The standard InChI is InChI=1S/C16H16BrCl2NO3S2/c1-23-16-5-4-13(9-14(16)17)25(21,22)20-6-7-24-10-11-2-3-12(18)8-15(11)19/h2-5,8-9,20H,6-7,10H2,1H3. The molecule has 0 bridgehead atoms. The van der Waals surface area contributed by atoms with Gasteiger partial charge >= 0.3 is 0 Å². The van der Waals surface area contributed by atoms with E-state index in [0.717, 1.165) is 5.56 Å². The lowest BCUT2D eigenvalue weighted by Gasteiger charge is -2.09. The van der Waals surface area contributed by atoms with Crippen molar-refractivity contribution in [2.45, 2.75) is 10.6 Å². The highest BCUT2D eigenvalue weighted by atomic mass is 79.9. The van der Waals surface area contributed by atoms with Gasteiger partial charge in [0.05, 0.1) is 16.5 Å². The van der Waals surface area contributed by atoms with Gasteiger partial charge in [0.2, 0.25) is 10.0 Å². The third-order valence-electron chi connectivity index (χ3n) is 3.24. The molecule has 9 heteroatoms. The lowest BCUT2D eigenvalue weighted by molar-refractivity contribution is 0.411. The molecule has 136 valence electrons. The monoisotopic (exact) mass is 483 g/mol. The Balaban J connectivity index is 1.85. The number of methoxy groups -OCH3 is 1. The van der Waals surface area contributed by atoms with Gasteiger partial charge in [-0.25, -0.2) is 13.1 Å². The molecule has 0 amide bonds. The maximum atomic E-state index is 12.3. The molecule has 0 atom stereocenters. The van der Waals surface area contributed by atoms with Crippen molar-refractivity contribution in [3.8, 4) is 5.75 Å². The molecule has 0 aromatic heterocycles. The second-order valence-corrected chi connectivity index (χ2v) is 9.55. The smallest absolute Gasteiger partial charge is 0.240 e. The first-order chi connectivity index (χ1) is 11.8. The van der Waals surface area contributed by atoms with Crippen molar-refractivity contribution in [1.82, 2.24) is 4.72 Å². The van der Waals surface area contributed by atoms with E-state index in [2.05, 4.69) is 20.7 Å². The molecule has 0 saturated carbocycles. The number of hydrogen-bond donors (Lipinski definition) is 1. The summed E-state index contributed by atoms with van der Waals surface area (Å²) in [5.74, 6) is 1.88. The van der Waals surface area contributed by atoms with Crippen LogP contribution in [0.15, 0.2) is 45.8 Å². The van der Waals surface area contributed by atoms with Crippen molar-refractivity contribution in [3.63, 3.8) is 0 Å². The lowest BCUT2D eigenvalue weighted by Crippen LogP contribution is -2.26. The van der Waals surface area contributed by atoms with E-state index in [1.54, 1.807) is 30.0 Å². The second-order valence-electron chi connectivity index (χ2n) is 4.98. The van der Waals surface area contributed by atoms with Crippen LogP contribution in [0.4, 0.5) is 0 Å². The van der Waals surface area contributed by atoms with Crippen molar-refractivity contribution in [1.29, 1.82) is 0 Å². The van der Waals surface area contributed by atoms with Crippen LogP contribution in [0.3, 0.4) is 0 Å². The Morgan fingerprint density at radius 1 is 1.20 bits per heavy atom. The number of nitrogens with one attached hydrogen (secondary N) is 1. The Morgan fingerprint density at radius 3 is 2.60 bits per heavy atom. The maximum Gasteiger partial charge on any atom is 0.240 e. The minimum Gasteiger partial charge on any atom is -0.496 e. The molecule has 0 saturated heterocycles. The molecule has 25 heavy (non-hydrogen) atoms. The third kappa shape index (κ3) is 6.05. The Kier molecular flexibility index (Phi) is 7.91. The van der Waals surface area contributed by atoms with Crippen LogP contribution >= 0.6 is 50.9 Å². The Labute approximate surface area is 170 Å². The van der Waals surface area contributed by atoms with E-state index < -0.39 is 10.0 Å². The first-order valence-corrected chi connectivity index (χ1v) is 11.4. The van der Waals surface area contributed by atoms with Crippen molar-refractivity contribution in [2.24, 2.45) is 0 Å². The third-order valence-corrected chi connectivity index (χ3v) is 6.92. The Bertz CT molecular complexity index is 847. The summed E-state index contributed by atoms with van der Waals surface area (Å²) in [4.78, 5) is 0.186. The van der Waals surface area contributed by atoms with Crippen LogP contribution in [0.25, 0.3) is 0 Å². The van der Waals surface area contributed by atoms with Gasteiger partial charge in [0.25, 0.3) is 0 Å². The van der Waals surface area contributed by atoms with Crippen LogP contribution in [-0.4, -0.2) is 27.8 Å². The van der Waals surface area contributed by atoms with Crippen LogP contribution in [0.5, 0.6) is 5.75 Å². The van der Waals surface area contributed by atoms with Gasteiger partial charge < -0.3 is 4.74 Å². The Morgan fingerprint density at radius 2 is 1.96 bits per heavy atom. The minimum absolute atomic E-state index is 0.186. The van der Waals surface area contributed by atoms with Crippen LogP contribution in [0.1, 0.15) is 5.56 Å². The van der Waals surface area contributed by atoms with E-state index in [1.165, 1.54) is 19.2 Å². The van der Waals surface area contributed by atoms with Gasteiger partial charge in [0.15, 0.2) is 0 Å². The van der Waals surface area contributed by atoms with E-state index in [-0.39, 0.29) is 4.90 Å². The molecule has 0 aliphatic rings. The van der Waals surface area contributed by atoms with E-state index in [0.29, 0.717) is 38.3 Å². The highest BCUT2D eigenvalue weighted by Gasteiger charge is 2.15. The predicted molar refractivity (Wildman–Crippen MR) is 109 cm³/mol. The number of ether oxygens (including phenoxy) is 1. The first-order valence-electron chi connectivity index (χ1n) is 7.18. The van der Waals surface area contributed by atoms with Crippen molar-refractivity contribution >= 4 is 60.9 Å². The summed E-state index contributed by atoms with van der Waals surface area (Å²) in [6.07, 6.45) is 0. The van der Waals surface area contributed by atoms with Crippen LogP contribution in [-0.2, 0) is 15.8 Å². The molecule has 2 aromatic carbocycles. The highest BCUT2D eigenvalue weighted by molar-refractivity contribution is 9.10. The van der Waals surface area contributed by atoms with E-state index in [9.17, 15) is 8.42 Å². The fraction of sp³-hybridized carbons (Fsp3) is 0.250. The van der Waals surface area contributed by atoms with Crippen LogP contribution in [0.2, 0.25) is 10.0 Å². The number of rotatable bonds is 8. The fourth-order valence-corrected chi connectivity index (χ4v) is 5.26. The number of thioether (sulfide) groups is 1. The Hall–Kier alpha value is -0.440. The van der Waals surface area contributed by atoms with E-state index in [1.807, 2.05) is 6.07 Å². The number of benzene rings is 2. The van der Waals surface area contributed by atoms with E-state index >= 15 is 0 Å². The zero-order chi connectivity index (χ0) is 18.4. The maximum absolute atomic E-state index is 12.3. The molecule has 0 fully saturated rings. The molecule has 2 rings (SSSR count). The summed E-state index contributed by atoms with van der Waals surface area (Å²) in [6, 6.07) is 9.98. The van der Waals surface area contributed by atoms with Crippen molar-refractivity contribution in [2.75, 3.05) is 19.4 Å². The molecule has 0 spiro atoms. The summed E-state index contributed by atoms with van der Waals surface area (Å²) < 4.78 is 32.9. The average molecular weight is 485 g/mol. The summed E-state index contributed by atoms with van der Waals surface area (Å²) in [6.45, 7) is 0.321. The van der Waals surface area contributed by atoms with Crippen LogP contribution in [0, 0.1) is 0 Å².